The molecular weight excluding hydrogens is 406 g/mol. The molecule has 1 aliphatic rings. The molecule has 32 heavy (non-hydrogen) atoms. The molecule has 3 aromatic rings. The zero-order valence-electron chi connectivity index (χ0n) is 19.0. The Balaban J connectivity index is 1.54. The Morgan fingerprint density at radius 3 is 2.69 bits per heavy atom. The molecule has 1 fully saturated rings. The van der Waals surface area contributed by atoms with Gasteiger partial charge in [-0.3, -0.25) is 4.79 Å². The van der Waals surface area contributed by atoms with Crippen molar-refractivity contribution in [1.29, 1.82) is 0 Å². The number of rotatable bonds is 6. The summed E-state index contributed by atoms with van der Waals surface area (Å²) in [5, 5.41) is 7.31. The van der Waals surface area contributed by atoms with Crippen LogP contribution in [0.15, 0.2) is 41.1 Å². The van der Waals surface area contributed by atoms with Crippen LogP contribution < -0.4 is 10.1 Å². The van der Waals surface area contributed by atoms with Gasteiger partial charge in [0.1, 0.15) is 5.75 Å². The third-order valence-corrected chi connectivity index (χ3v) is 5.61. The van der Waals surface area contributed by atoms with E-state index in [2.05, 4.69) is 29.3 Å². The van der Waals surface area contributed by atoms with Gasteiger partial charge in [-0.05, 0) is 51.8 Å². The van der Waals surface area contributed by atoms with Gasteiger partial charge in [0, 0.05) is 42.9 Å². The normalized spacial score (nSPS) is 14.6. The van der Waals surface area contributed by atoms with Crippen molar-refractivity contribution in [3.8, 4) is 17.1 Å². The molecule has 0 spiro atoms. The number of piperidine rings is 1. The maximum atomic E-state index is 13.0. The standard InChI is InChI=1S/C24H29N5O3/c1-15(2)26-24-25-14-20(21-12-16(3)28-32-21)22(27-24)17-8-10-29(11-9-17)23(30)18-6-5-7-19(13-18)31-4/h5-7,12-15,17H,8-11H2,1-4H3,(H,25,26,27). The number of nitrogens with one attached hydrogen (secondary N) is 1. The Morgan fingerprint density at radius 2 is 2.03 bits per heavy atom. The van der Waals surface area contributed by atoms with Gasteiger partial charge < -0.3 is 19.5 Å². The van der Waals surface area contributed by atoms with Gasteiger partial charge in [-0.2, -0.15) is 0 Å². The van der Waals surface area contributed by atoms with Crippen molar-refractivity contribution in [2.75, 3.05) is 25.5 Å². The van der Waals surface area contributed by atoms with Gasteiger partial charge >= 0.3 is 0 Å². The molecule has 3 heterocycles. The number of anilines is 1. The van der Waals surface area contributed by atoms with E-state index in [9.17, 15) is 4.79 Å². The summed E-state index contributed by atoms with van der Waals surface area (Å²) in [4.78, 5) is 24.2. The lowest BCUT2D eigenvalue weighted by Crippen LogP contribution is -2.38. The average Bonchev–Trinajstić information content (AvgIpc) is 3.24. The zero-order chi connectivity index (χ0) is 22.7. The Labute approximate surface area is 188 Å². The van der Waals surface area contributed by atoms with Crippen molar-refractivity contribution in [3.05, 3.63) is 53.5 Å². The van der Waals surface area contributed by atoms with Gasteiger partial charge in [0.25, 0.3) is 5.91 Å². The van der Waals surface area contributed by atoms with Crippen LogP contribution in [0.3, 0.4) is 0 Å². The number of amides is 1. The summed E-state index contributed by atoms with van der Waals surface area (Å²) < 4.78 is 10.8. The van der Waals surface area contributed by atoms with Crippen molar-refractivity contribution >= 4 is 11.9 Å². The van der Waals surface area contributed by atoms with Crippen LogP contribution >= 0.6 is 0 Å². The van der Waals surface area contributed by atoms with E-state index >= 15 is 0 Å². The second-order valence-electron chi connectivity index (χ2n) is 8.42. The van der Waals surface area contributed by atoms with Crippen LogP contribution in [0.2, 0.25) is 0 Å². The minimum atomic E-state index is 0.0262. The molecule has 0 bridgehead atoms. The van der Waals surface area contributed by atoms with Crippen LogP contribution in [0.1, 0.15) is 54.4 Å². The van der Waals surface area contributed by atoms with Gasteiger partial charge in [-0.15, -0.1) is 0 Å². The first kappa shape index (κ1) is 21.8. The van der Waals surface area contributed by atoms with E-state index in [0.717, 1.165) is 29.8 Å². The number of methoxy groups -OCH3 is 1. The molecule has 0 atom stereocenters. The van der Waals surface area contributed by atoms with Crippen molar-refractivity contribution in [2.45, 2.75) is 45.6 Å². The number of ether oxygens (including phenoxy) is 1. The predicted octanol–water partition coefficient (Wildman–Crippen LogP) is 4.29. The molecule has 168 valence electrons. The fourth-order valence-corrected chi connectivity index (χ4v) is 4.01. The van der Waals surface area contributed by atoms with Gasteiger partial charge in [0.15, 0.2) is 5.76 Å². The third kappa shape index (κ3) is 4.74. The summed E-state index contributed by atoms with van der Waals surface area (Å²) in [7, 11) is 1.60. The fourth-order valence-electron chi connectivity index (χ4n) is 4.01. The second-order valence-corrected chi connectivity index (χ2v) is 8.42. The smallest absolute Gasteiger partial charge is 0.253 e. The largest absolute Gasteiger partial charge is 0.497 e. The van der Waals surface area contributed by atoms with Crippen LogP contribution in [0.25, 0.3) is 11.3 Å². The number of carbonyl (C=O) groups excluding carboxylic acids is 1. The minimum Gasteiger partial charge on any atom is -0.497 e. The number of hydrogen-bond donors (Lipinski definition) is 1. The van der Waals surface area contributed by atoms with Gasteiger partial charge in [0.2, 0.25) is 5.95 Å². The number of likely N-dealkylation sites (tertiary alicyclic amines) is 1. The van der Waals surface area contributed by atoms with Gasteiger partial charge in [-0.1, -0.05) is 11.2 Å². The lowest BCUT2D eigenvalue weighted by atomic mass is 9.90. The summed E-state index contributed by atoms with van der Waals surface area (Å²) in [5.41, 5.74) is 3.25. The summed E-state index contributed by atoms with van der Waals surface area (Å²) in [6, 6.07) is 9.42. The summed E-state index contributed by atoms with van der Waals surface area (Å²) in [6.07, 6.45) is 3.43. The number of benzene rings is 1. The molecule has 1 amide bonds. The summed E-state index contributed by atoms with van der Waals surface area (Å²) in [5.74, 6) is 2.18. The lowest BCUT2D eigenvalue weighted by Gasteiger charge is -2.32. The number of aromatic nitrogens is 3. The van der Waals surface area contributed by atoms with Crippen LogP contribution in [-0.4, -0.2) is 52.2 Å². The molecule has 0 unspecified atom stereocenters. The second kappa shape index (κ2) is 9.38. The number of carbonyl (C=O) groups is 1. The molecule has 1 aliphatic heterocycles. The molecule has 1 aromatic carbocycles. The number of hydrogen-bond acceptors (Lipinski definition) is 7. The van der Waals surface area contributed by atoms with Crippen LogP contribution in [0.4, 0.5) is 5.95 Å². The maximum Gasteiger partial charge on any atom is 0.253 e. The Kier molecular flexibility index (Phi) is 6.39. The first-order chi connectivity index (χ1) is 15.4. The maximum absolute atomic E-state index is 13.0. The molecule has 1 N–H and O–H groups in total. The third-order valence-electron chi connectivity index (χ3n) is 5.61. The van der Waals surface area contributed by atoms with E-state index in [1.807, 2.05) is 36.1 Å². The average molecular weight is 436 g/mol. The molecule has 8 nitrogen and oxygen atoms in total. The van der Waals surface area contributed by atoms with Crippen molar-refractivity contribution in [2.24, 2.45) is 0 Å². The van der Waals surface area contributed by atoms with E-state index in [1.54, 1.807) is 19.4 Å². The van der Waals surface area contributed by atoms with Crippen LogP contribution in [0, 0.1) is 6.92 Å². The van der Waals surface area contributed by atoms with E-state index in [1.165, 1.54) is 0 Å². The van der Waals surface area contributed by atoms with Crippen molar-refractivity contribution < 1.29 is 14.1 Å². The highest BCUT2D eigenvalue weighted by atomic mass is 16.5. The van der Waals surface area contributed by atoms with Crippen LogP contribution in [0.5, 0.6) is 5.75 Å². The molecule has 8 heteroatoms. The Morgan fingerprint density at radius 1 is 1.25 bits per heavy atom. The van der Waals surface area contributed by atoms with E-state index in [0.29, 0.717) is 36.1 Å². The van der Waals surface area contributed by atoms with E-state index < -0.39 is 0 Å². The molecule has 1 saturated heterocycles. The van der Waals surface area contributed by atoms with Gasteiger partial charge in [0.05, 0.1) is 24.1 Å². The molecule has 0 radical (unpaired) electrons. The fraction of sp³-hybridized carbons (Fsp3) is 0.417. The Hall–Kier alpha value is -3.42. The van der Waals surface area contributed by atoms with E-state index in [-0.39, 0.29) is 17.9 Å². The molecule has 0 aliphatic carbocycles. The van der Waals surface area contributed by atoms with Crippen molar-refractivity contribution in [3.63, 3.8) is 0 Å². The first-order valence-corrected chi connectivity index (χ1v) is 10.9. The zero-order valence-corrected chi connectivity index (χ0v) is 19.0. The van der Waals surface area contributed by atoms with Crippen LogP contribution in [-0.2, 0) is 0 Å². The summed E-state index contributed by atoms with van der Waals surface area (Å²) >= 11 is 0. The molecule has 0 saturated carbocycles. The molecular formula is C24H29N5O3. The quantitative estimate of drug-likeness (QED) is 0.617. The predicted molar refractivity (Wildman–Crippen MR) is 122 cm³/mol. The highest BCUT2D eigenvalue weighted by molar-refractivity contribution is 5.94. The summed E-state index contributed by atoms with van der Waals surface area (Å²) in [6.45, 7) is 7.32. The topological polar surface area (TPSA) is 93.4 Å². The van der Waals surface area contributed by atoms with E-state index in [4.69, 9.17) is 14.2 Å². The lowest BCUT2D eigenvalue weighted by molar-refractivity contribution is 0.0712. The highest BCUT2D eigenvalue weighted by Crippen LogP contribution is 2.35. The van der Waals surface area contributed by atoms with Gasteiger partial charge in [-0.25, -0.2) is 9.97 Å². The number of nitrogens with zero attached hydrogens (tertiary/aromatic N) is 4. The van der Waals surface area contributed by atoms with Crippen molar-refractivity contribution in [1.82, 2.24) is 20.0 Å². The first-order valence-electron chi connectivity index (χ1n) is 10.9. The Bertz CT molecular complexity index is 1090. The molecule has 2 aromatic heterocycles. The molecule has 4 rings (SSSR count). The minimum absolute atomic E-state index is 0.0262. The monoisotopic (exact) mass is 435 g/mol. The highest BCUT2D eigenvalue weighted by Gasteiger charge is 2.28. The number of aryl methyl sites for hydroxylation is 1. The SMILES string of the molecule is COc1cccc(C(=O)N2CCC(c3nc(NC(C)C)ncc3-c3cc(C)no3)CC2)c1.